The van der Waals surface area contributed by atoms with E-state index in [-0.39, 0.29) is 0 Å². The monoisotopic (exact) mass is 254 g/mol. The molecule has 2 aliphatic rings. The molecule has 0 heterocycles. The van der Waals surface area contributed by atoms with Gasteiger partial charge in [0.05, 0.1) is 0 Å². The van der Waals surface area contributed by atoms with Crippen LogP contribution in [0.5, 0.6) is 0 Å². The first kappa shape index (κ1) is 13.5. The quantitative estimate of drug-likeness (QED) is 0.534. The van der Waals surface area contributed by atoms with E-state index >= 15 is 0 Å². The fourth-order valence-electron chi connectivity index (χ4n) is 3.54. The van der Waals surface area contributed by atoms with Gasteiger partial charge in [0.15, 0.2) is 0 Å². The van der Waals surface area contributed by atoms with Crippen LogP contribution in [0.2, 0.25) is 0 Å². The van der Waals surface area contributed by atoms with Crippen molar-refractivity contribution in [3.8, 4) is 0 Å². The molecule has 1 atom stereocenters. The summed E-state index contributed by atoms with van der Waals surface area (Å²) in [6.45, 7) is 0. The molecule has 0 aromatic rings. The summed E-state index contributed by atoms with van der Waals surface area (Å²) in [5.74, 6) is 1.73. The molecule has 17 heavy (non-hydrogen) atoms. The Morgan fingerprint density at radius 3 is 2.12 bits per heavy atom. The zero-order valence-corrected chi connectivity index (χ0v) is 11.9. The largest absolute Gasteiger partial charge is 0.0895 e. The molecule has 0 N–H and O–H groups in total. The second-order valence-electron chi connectivity index (χ2n) is 5.98. The van der Waals surface area contributed by atoms with Gasteiger partial charge in [-0.2, -0.15) is 0 Å². The molecule has 2 aliphatic carbocycles. The maximum atomic E-state index is 6.34. The van der Waals surface area contributed by atoms with Crippen LogP contribution in [0.25, 0.3) is 0 Å². The van der Waals surface area contributed by atoms with Crippen molar-refractivity contribution in [2.75, 3.05) is 0 Å². The zero-order valence-electron chi connectivity index (χ0n) is 11.1. The van der Waals surface area contributed by atoms with Gasteiger partial charge in [0.2, 0.25) is 0 Å². The Bertz CT molecular complexity index is 236. The predicted molar refractivity (Wildman–Crippen MR) is 76.3 cm³/mol. The smallest absolute Gasteiger partial charge is 0.0144 e. The third-order valence-corrected chi connectivity index (χ3v) is 4.92. The zero-order chi connectivity index (χ0) is 11.9. The van der Waals surface area contributed by atoms with Crippen LogP contribution < -0.4 is 0 Å². The van der Waals surface area contributed by atoms with Crippen molar-refractivity contribution in [3.63, 3.8) is 0 Å². The van der Waals surface area contributed by atoms with E-state index < -0.39 is 0 Å². The van der Waals surface area contributed by atoms with E-state index in [1.54, 1.807) is 0 Å². The highest BCUT2D eigenvalue weighted by Crippen LogP contribution is 2.35. The summed E-state index contributed by atoms with van der Waals surface area (Å²) in [4.78, 5) is 0. The number of hydrogen-bond donors (Lipinski definition) is 0. The molecule has 0 bridgehead atoms. The molecule has 0 nitrogen and oxygen atoms in total. The van der Waals surface area contributed by atoms with Crippen molar-refractivity contribution >= 4 is 11.6 Å². The van der Waals surface area contributed by atoms with E-state index in [0.717, 1.165) is 23.3 Å². The Kier molecular flexibility index (Phi) is 5.91. The van der Waals surface area contributed by atoms with Gasteiger partial charge in [-0.15, -0.1) is 0 Å². The number of allylic oxidation sites excluding steroid dienone is 2. The molecule has 2 rings (SSSR count). The van der Waals surface area contributed by atoms with Crippen LogP contribution in [0.4, 0.5) is 0 Å². The maximum absolute atomic E-state index is 6.34. The molecule has 98 valence electrons. The van der Waals surface area contributed by atoms with Crippen LogP contribution in [0, 0.1) is 11.8 Å². The summed E-state index contributed by atoms with van der Waals surface area (Å²) in [6.07, 6.45) is 19.2. The molecule has 0 spiro atoms. The molecule has 0 aromatic heterocycles. The molecule has 0 saturated heterocycles. The Labute approximate surface area is 112 Å². The average molecular weight is 255 g/mol. The van der Waals surface area contributed by atoms with Gasteiger partial charge in [-0.3, -0.25) is 0 Å². The second kappa shape index (κ2) is 7.46. The molecule has 0 radical (unpaired) electrons. The summed E-state index contributed by atoms with van der Waals surface area (Å²) >= 11 is 6.34. The van der Waals surface area contributed by atoms with Gasteiger partial charge in [-0.1, -0.05) is 62.6 Å². The first-order valence-corrected chi connectivity index (χ1v) is 8.10. The molecule has 0 amide bonds. The van der Waals surface area contributed by atoms with Gasteiger partial charge in [-0.25, -0.2) is 0 Å². The van der Waals surface area contributed by atoms with Crippen LogP contribution in [0.3, 0.4) is 0 Å². The minimum atomic E-state index is 0.792. The van der Waals surface area contributed by atoms with Crippen LogP contribution in [0.15, 0.2) is 11.1 Å². The molecule has 0 aromatic carbocycles. The highest BCUT2D eigenvalue weighted by Gasteiger charge is 2.21. The third kappa shape index (κ3) is 4.66. The first-order valence-electron chi connectivity index (χ1n) is 7.72. The standard InChI is InChI=1S/C16H27Cl/c17-16-12-8-4-7-11-15(13-16)14-9-5-2-1-3-6-10-14/h13-15H,1-12H2. The molecular formula is C16H27Cl. The van der Waals surface area contributed by atoms with E-state index in [1.807, 2.05) is 0 Å². The molecule has 1 saturated carbocycles. The Hall–Kier alpha value is 0.0300. The summed E-state index contributed by atoms with van der Waals surface area (Å²) < 4.78 is 0. The van der Waals surface area contributed by atoms with Gasteiger partial charge in [-0.05, 0) is 43.9 Å². The second-order valence-corrected chi connectivity index (χ2v) is 6.47. The summed E-state index contributed by atoms with van der Waals surface area (Å²) in [5, 5.41) is 1.15. The van der Waals surface area contributed by atoms with Crippen LogP contribution in [-0.2, 0) is 0 Å². The topological polar surface area (TPSA) is 0 Å². The summed E-state index contributed by atoms with van der Waals surface area (Å²) in [6, 6.07) is 0. The number of halogens is 1. The van der Waals surface area contributed by atoms with E-state index in [0.29, 0.717) is 0 Å². The van der Waals surface area contributed by atoms with E-state index in [9.17, 15) is 0 Å². The molecule has 1 heteroatoms. The van der Waals surface area contributed by atoms with E-state index in [2.05, 4.69) is 6.08 Å². The van der Waals surface area contributed by atoms with Crippen molar-refractivity contribution in [3.05, 3.63) is 11.1 Å². The van der Waals surface area contributed by atoms with Gasteiger partial charge in [0.1, 0.15) is 0 Å². The minimum Gasteiger partial charge on any atom is -0.0895 e. The lowest BCUT2D eigenvalue weighted by Gasteiger charge is -2.28. The lowest BCUT2D eigenvalue weighted by Crippen LogP contribution is -2.16. The highest BCUT2D eigenvalue weighted by molar-refractivity contribution is 6.29. The lowest BCUT2D eigenvalue weighted by atomic mass is 9.78. The fourth-order valence-corrected chi connectivity index (χ4v) is 3.83. The van der Waals surface area contributed by atoms with Crippen molar-refractivity contribution < 1.29 is 0 Å². The van der Waals surface area contributed by atoms with E-state index in [1.165, 1.54) is 70.6 Å². The number of rotatable bonds is 1. The maximum Gasteiger partial charge on any atom is 0.0144 e. The normalized spacial score (nSPS) is 29.7. The Morgan fingerprint density at radius 1 is 0.765 bits per heavy atom. The highest BCUT2D eigenvalue weighted by atomic mass is 35.5. The Morgan fingerprint density at radius 2 is 1.35 bits per heavy atom. The first-order chi connectivity index (χ1) is 8.36. The van der Waals surface area contributed by atoms with Crippen molar-refractivity contribution in [1.82, 2.24) is 0 Å². The van der Waals surface area contributed by atoms with E-state index in [4.69, 9.17) is 11.6 Å². The van der Waals surface area contributed by atoms with Gasteiger partial charge in [0, 0.05) is 5.03 Å². The van der Waals surface area contributed by atoms with Gasteiger partial charge >= 0.3 is 0 Å². The predicted octanol–water partition coefficient (Wildman–Crippen LogP) is 6.05. The fraction of sp³-hybridized carbons (Fsp3) is 0.875. The average Bonchev–Trinajstić information content (AvgIpc) is 2.23. The van der Waals surface area contributed by atoms with Gasteiger partial charge in [0.25, 0.3) is 0 Å². The van der Waals surface area contributed by atoms with Crippen molar-refractivity contribution in [2.24, 2.45) is 11.8 Å². The third-order valence-electron chi connectivity index (χ3n) is 4.60. The lowest BCUT2D eigenvalue weighted by molar-refractivity contribution is 0.285. The van der Waals surface area contributed by atoms with Crippen LogP contribution in [-0.4, -0.2) is 0 Å². The molecule has 1 fully saturated rings. The molecule has 1 unspecified atom stereocenters. The number of hydrogen-bond acceptors (Lipinski definition) is 0. The van der Waals surface area contributed by atoms with Crippen molar-refractivity contribution in [1.29, 1.82) is 0 Å². The van der Waals surface area contributed by atoms with Crippen LogP contribution >= 0.6 is 11.6 Å². The summed E-state index contributed by atoms with van der Waals surface area (Å²) in [7, 11) is 0. The van der Waals surface area contributed by atoms with Crippen LogP contribution in [0.1, 0.15) is 77.0 Å². The van der Waals surface area contributed by atoms with Crippen molar-refractivity contribution in [2.45, 2.75) is 77.0 Å². The summed E-state index contributed by atoms with van der Waals surface area (Å²) in [5.41, 5.74) is 0. The minimum absolute atomic E-state index is 0.792. The van der Waals surface area contributed by atoms with Gasteiger partial charge < -0.3 is 0 Å². The SMILES string of the molecule is ClC1=CC(C2CCCCCCC2)CCCCC1. The molecular weight excluding hydrogens is 228 g/mol. The Balaban J connectivity index is 1.95. The molecule has 0 aliphatic heterocycles.